The third kappa shape index (κ3) is 5.39. The Hall–Kier alpha value is -3.72. The Morgan fingerprint density at radius 1 is 1.24 bits per heavy atom. The molecule has 0 bridgehead atoms. The third-order valence-corrected chi connectivity index (χ3v) is 4.74. The molecule has 0 fully saturated rings. The third-order valence-electron chi connectivity index (χ3n) is 3.87. The van der Waals surface area contributed by atoms with Crippen molar-refractivity contribution < 1.29 is 19.2 Å². The number of nitrogens with zero attached hydrogens (tertiary/aromatic N) is 2. The van der Waals surface area contributed by atoms with E-state index in [1.165, 1.54) is 41.8 Å². The maximum absolute atomic E-state index is 11.9. The molecule has 0 atom stereocenters. The van der Waals surface area contributed by atoms with Gasteiger partial charge in [-0.25, -0.2) is 5.43 Å². The van der Waals surface area contributed by atoms with E-state index in [2.05, 4.69) is 10.5 Å². The number of thiophene rings is 1. The minimum absolute atomic E-state index is 0.00210. The molecule has 0 unspecified atom stereocenters. The number of amides is 1. The molecule has 0 saturated carbocycles. The lowest BCUT2D eigenvalue weighted by molar-refractivity contribution is -0.384. The van der Waals surface area contributed by atoms with E-state index >= 15 is 0 Å². The Bertz CT molecular complexity index is 1020. The molecular formula is C20H17N3O5S. The van der Waals surface area contributed by atoms with Crippen LogP contribution in [0.15, 0.2) is 65.1 Å². The molecule has 0 aliphatic carbocycles. The first kappa shape index (κ1) is 20.0. The summed E-state index contributed by atoms with van der Waals surface area (Å²) in [5, 5.41) is 16.5. The summed E-state index contributed by atoms with van der Waals surface area (Å²) >= 11 is 1.34. The standard InChI is InChI=1S/C20H17N3O5S/c1-27-18-9-4-14(12-21-22-20(24)19-3-2-10-29-19)11-15(18)13-28-17-7-5-16(6-8-17)23(25)26/h2-12H,13H2,1H3,(H,22,24). The molecule has 148 valence electrons. The number of hydrogen-bond acceptors (Lipinski definition) is 7. The second kappa shape index (κ2) is 9.47. The number of nitro groups is 1. The number of methoxy groups -OCH3 is 1. The highest BCUT2D eigenvalue weighted by molar-refractivity contribution is 7.12. The van der Waals surface area contributed by atoms with Crippen molar-refractivity contribution in [3.63, 3.8) is 0 Å². The van der Waals surface area contributed by atoms with E-state index in [0.717, 1.165) is 11.1 Å². The maximum atomic E-state index is 11.9. The first-order valence-corrected chi connectivity index (χ1v) is 9.36. The Morgan fingerprint density at radius 3 is 2.69 bits per heavy atom. The fourth-order valence-electron chi connectivity index (χ4n) is 2.45. The van der Waals surface area contributed by atoms with E-state index in [9.17, 15) is 14.9 Å². The maximum Gasteiger partial charge on any atom is 0.281 e. The molecule has 1 heterocycles. The van der Waals surface area contributed by atoms with Crippen molar-refractivity contribution in [1.82, 2.24) is 5.43 Å². The molecule has 2 aromatic carbocycles. The van der Waals surface area contributed by atoms with Crippen molar-refractivity contribution in [3.05, 3.63) is 86.1 Å². The van der Waals surface area contributed by atoms with Gasteiger partial charge < -0.3 is 9.47 Å². The van der Waals surface area contributed by atoms with Gasteiger partial charge in [0.25, 0.3) is 11.6 Å². The smallest absolute Gasteiger partial charge is 0.281 e. The largest absolute Gasteiger partial charge is 0.496 e. The van der Waals surface area contributed by atoms with Crippen LogP contribution in [0.1, 0.15) is 20.8 Å². The van der Waals surface area contributed by atoms with Gasteiger partial charge in [-0.05, 0) is 47.3 Å². The number of nitro benzene ring substituents is 1. The molecule has 9 heteroatoms. The Labute approximate surface area is 170 Å². The van der Waals surface area contributed by atoms with Crippen LogP contribution in [0.25, 0.3) is 0 Å². The molecular weight excluding hydrogens is 394 g/mol. The minimum Gasteiger partial charge on any atom is -0.496 e. The van der Waals surface area contributed by atoms with Gasteiger partial charge in [-0.2, -0.15) is 5.10 Å². The highest BCUT2D eigenvalue weighted by Gasteiger charge is 2.08. The lowest BCUT2D eigenvalue weighted by Crippen LogP contribution is -2.16. The fourth-order valence-corrected chi connectivity index (χ4v) is 3.06. The Morgan fingerprint density at radius 2 is 2.03 bits per heavy atom. The number of ether oxygens (including phenoxy) is 2. The van der Waals surface area contributed by atoms with Crippen LogP contribution < -0.4 is 14.9 Å². The van der Waals surface area contributed by atoms with Gasteiger partial charge in [-0.15, -0.1) is 11.3 Å². The summed E-state index contributed by atoms with van der Waals surface area (Å²) in [5.41, 5.74) is 3.99. The van der Waals surface area contributed by atoms with Gasteiger partial charge in [0.15, 0.2) is 0 Å². The zero-order valence-corrected chi connectivity index (χ0v) is 16.2. The van der Waals surface area contributed by atoms with Gasteiger partial charge in [0.2, 0.25) is 0 Å². The van der Waals surface area contributed by atoms with Crippen LogP contribution in [-0.2, 0) is 6.61 Å². The zero-order chi connectivity index (χ0) is 20.6. The van der Waals surface area contributed by atoms with Crippen LogP contribution >= 0.6 is 11.3 Å². The number of hydrazone groups is 1. The van der Waals surface area contributed by atoms with Crippen LogP contribution in [0.5, 0.6) is 11.5 Å². The molecule has 0 saturated heterocycles. The topological polar surface area (TPSA) is 103 Å². The predicted octanol–water partition coefficient (Wildman–Crippen LogP) is 4.01. The monoisotopic (exact) mass is 411 g/mol. The Kier molecular flexibility index (Phi) is 6.54. The zero-order valence-electron chi connectivity index (χ0n) is 15.4. The van der Waals surface area contributed by atoms with E-state index in [0.29, 0.717) is 16.4 Å². The van der Waals surface area contributed by atoms with E-state index in [1.807, 2.05) is 11.4 Å². The molecule has 0 aliphatic heterocycles. The summed E-state index contributed by atoms with van der Waals surface area (Å²) < 4.78 is 11.0. The number of benzene rings is 2. The molecule has 1 amide bonds. The number of carbonyl (C=O) groups is 1. The van der Waals surface area contributed by atoms with Gasteiger partial charge in [-0.3, -0.25) is 14.9 Å². The highest BCUT2D eigenvalue weighted by atomic mass is 32.1. The molecule has 29 heavy (non-hydrogen) atoms. The van der Waals surface area contributed by atoms with Crippen LogP contribution in [0, 0.1) is 10.1 Å². The van der Waals surface area contributed by atoms with Crippen molar-refractivity contribution >= 4 is 29.1 Å². The van der Waals surface area contributed by atoms with E-state index in [-0.39, 0.29) is 18.2 Å². The van der Waals surface area contributed by atoms with E-state index in [1.54, 1.807) is 31.4 Å². The number of carbonyl (C=O) groups excluding carboxylic acids is 1. The summed E-state index contributed by atoms with van der Waals surface area (Å²) in [4.78, 5) is 22.7. The van der Waals surface area contributed by atoms with Crippen LogP contribution in [-0.4, -0.2) is 24.2 Å². The van der Waals surface area contributed by atoms with Crippen molar-refractivity contribution in [2.24, 2.45) is 5.10 Å². The lowest BCUT2D eigenvalue weighted by atomic mass is 10.1. The molecule has 1 N–H and O–H groups in total. The highest BCUT2D eigenvalue weighted by Crippen LogP contribution is 2.23. The van der Waals surface area contributed by atoms with Crippen LogP contribution in [0.2, 0.25) is 0 Å². The van der Waals surface area contributed by atoms with Gasteiger partial charge in [-0.1, -0.05) is 6.07 Å². The summed E-state index contributed by atoms with van der Waals surface area (Å²) in [6.45, 7) is 0.199. The van der Waals surface area contributed by atoms with Gasteiger partial charge in [0, 0.05) is 17.7 Å². The predicted molar refractivity (Wildman–Crippen MR) is 110 cm³/mol. The van der Waals surface area contributed by atoms with Gasteiger partial charge >= 0.3 is 0 Å². The number of nitrogens with one attached hydrogen (secondary N) is 1. The summed E-state index contributed by atoms with van der Waals surface area (Å²) in [6, 6.07) is 14.8. The molecule has 3 aromatic rings. The number of rotatable bonds is 8. The van der Waals surface area contributed by atoms with Crippen molar-refractivity contribution in [2.75, 3.05) is 7.11 Å². The molecule has 8 nitrogen and oxygen atoms in total. The number of hydrogen-bond donors (Lipinski definition) is 1. The molecule has 0 spiro atoms. The van der Waals surface area contributed by atoms with Gasteiger partial charge in [0.1, 0.15) is 18.1 Å². The summed E-state index contributed by atoms with van der Waals surface area (Å²) in [6.07, 6.45) is 1.53. The lowest BCUT2D eigenvalue weighted by Gasteiger charge is -2.11. The van der Waals surface area contributed by atoms with Crippen molar-refractivity contribution in [1.29, 1.82) is 0 Å². The summed E-state index contributed by atoms with van der Waals surface area (Å²) in [5.74, 6) is 0.859. The SMILES string of the molecule is COc1ccc(C=NNC(=O)c2cccs2)cc1COc1ccc([N+](=O)[O-])cc1. The molecule has 1 aromatic heterocycles. The molecule has 3 rings (SSSR count). The normalized spacial score (nSPS) is 10.7. The first-order chi connectivity index (χ1) is 14.1. The second-order valence-corrected chi connectivity index (χ2v) is 6.74. The van der Waals surface area contributed by atoms with E-state index in [4.69, 9.17) is 9.47 Å². The first-order valence-electron chi connectivity index (χ1n) is 8.48. The van der Waals surface area contributed by atoms with Crippen molar-refractivity contribution in [2.45, 2.75) is 6.61 Å². The van der Waals surface area contributed by atoms with E-state index < -0.39 is 4.92 Å². The molecule has 0 aliphatic rings. The fraction of sp³-hybridized carbons (Fsp3) is 0.100. The van der Waals surface area contributed by atoms with Crippen LogP contribution in [0.4, 0.5) is 5.69 Å². The average Bonchev–Trinajstić information content (AvgIpc) is 3.27. The van der Waals surface area contributed by atoms with Gasteiger partial charge in [0.05, 0.1) is 23.1 Å². The molecule has 0 radical (unpaired) electrons. The number of non-ortho nitro benzene ring substituents is 1. The van der Waals surface area contributed by atoms with Crippen LogP contribution in [0.3, 0.4) is 0 Å². The average molecular weight is 411 g/mol. The Balaban J connectivity index is 1.65. The minimum atomic E-state index is -0.465. The quantitative estimate of drug-likeness (QED) is 0.343. The van der Waals surface area contributed by atoms with Crippen molar-refractivity contribution in [3.8, 4) is 11.5 Å². The second-order valence-electron chi connectivity index (χ2n) is 5.79. The summed E-state index contributed by atoms with van der Waals surface area (Å²) in [7, 11) is 1.56.